The average Bonchev–Trinajstić information content (AvgIpc) is 3.44. The van der Waals surface area contributed by atoms with Gasteiger partial charge in [0.25, 0.3) is 0 Å². The van der Waals surface area contributed by atoms with Crippen LogP contribution in [0.25, 0.3) is 10.9 Å². The van der Waals surface area contributed by atoms with E-state index in [9.17, 15) is 9.59 Å². The van der Waals surface area contributed by atoms with Crippen molar-refractivity contribution in [3.63, 3.8) is 0 Å². The largest absolute Gasteiger partial charge is 0.371 e. The molecule has 1 aromatic heterocycles. The zero-order valence-electron chi connectivity index (χ0n) is 17.0. The molecule has 0 aliphatic carbocycles. The van der Waals surface area contributed by atoms with E-state index >= 15 is 0 Å². The summed E-state index contributed by atoms with van der Waals surface area (Å²) < 4.78 is 0. The van der Waals surface area contributed by atoms with Gasteiger partial charge in [0.15, 0.2) is 5.78 Å². The third-order valence-corrected chi connectivity index (χ3v) is 5.81. The maximum atomic E-state index is 13.6. The van der Waals surface area contributed by atoms with Gasteiger partial charge in [0, 0.05) is 47.0 Å². The Hall–Kier alpha value is -3.86. The lowest BCUT2D eigenvalue weighted by molar-refractivity contribution is -0.117. The van der Waals surface area contributed by atoms with Gasteiger partial charge in [0.05, 0.1) is 0 Å². The normalized spacial score (nSPS) is 14.7. The number of hydrogen-bond donors (Lipinski definition) is 2. The van der Waals surface area contributed by atoms with E-state index in [2.05, 4.69) is 10.3 Å². The number of amides is 1. The fourth-order valence-electron chi connectivity index (χ4n) is 4.20. The molecule has 1 amide bonds. The molecule has 0 unspecified atom stereocenters. The number of hydrogen-bond acceptors (Lipinski definition) is 3. The van der Waals surface area contributed by atoms with Crippen LogP contribution in [-0.2, 0) is 4.79 Å². The minimum Gasteiger partial charge on any atom is -0.371 e. The van der Waals surface area contributed by atoms with Crippen LogP contribution in [0.5, 0.6) is 0 Å². The van der Waals surface area contributed by atoms with Gasteiger partial charge in [-0.05, 0) is 42.3 Å². The first-order valence-electron chi connectivity index (χ1n) is 10.5. The molecular weight excluding hydrogens is 386 g/mol. The van der Waals surface area contributed by atoms with Crippen LogP contribution >= 0.6 is 0 Å². The highest BCUT2D eigenvalue weighted by Gasteiger charge is 2.25. The summed E-state index contributed by atoms with van der Waals surface area (Å²) in [4.78, 5) is 30.6. The van der Waals surface area contributed by atoms with Gasteiger partial charge in [-0.15, -0.1) is 0 Å². The number of carbonyl (C=O) groups is 2. The number of anilines is 2. The van der Waals surface area contributed by atoms with Crippen LogP contribution in [0, 0.1) is 0 Å². The van der Waals surface area contributed by atoms with Crippen molar-refractivity contribution in [2.24, 2.45) is 0 Å². The summed E-state index contributed by atoms with van der Waals surface area (Å²) >= 11 is 0. The van der Waals surface area contributed by atoms with Crippen molar-refractivity contribution in [1.82, 2.24) is 4.98 Å². The first-order chi connectivity index (χ1) is 15.2. The summed E-state index contributed by atoms with van der Waals surface area (Å²) in [6.45, 7) is 0.761. The number of rotatable bonds is 6. The Kier molecular flexibility index (Phi) is 5.00. The van der Waals surface area contributed by atoms with Crippen LogP contribution < -0.4 is 10.2 Å². The Morgan fingerprint density at radius 2 is 1.68 bits per heavy atom. The second-order valence-electron chi connectivity index (χ2n) is 7.80. The smallest absolute Gasteiger partial charge is 0.227 e. The van der Waals surface area contributed by atoms with E-state index in [0.29, 0.717) is 12.0 Å². The quantitative estimate of drug-likeness (QED) is 0.423. The molecule has 5 heteroatoms. The lowest BCUT2D eigenvalue weighted by Gasteiger charge is -2.21. The number of aromatic nitrogens is 1. The standard InChI is InChI=1S/C26H23N3O2/c30-24-11-6-16-29(24)20-14-12-19(13-15-20)28-25(18-7-2-1-3-8-18)26(31)22-17-27-23-10-5-4-9-21(22)23/h1-5,7-10,12-15,17,25,27-28H,6,11,16H2/t25-/m0/s1. The topological polar surface area (TPSA) is 65.2 Å². The minimum absolute atomic E-state index is 0.00227. The van der Waals surface area contributed by atoms with Crippen LogP contribution in [0.15, 0.2) is 85.1 Å². The molecule has 0 radical (unpaired) electrons. The highest BCUT2D eigenvalue weighted by atomic mass is 16.2. The molecule has 31 heavy (non-hydrogen) atoms. The zero-order valence-corrected chi connectivity index (χ0v) is 17.0. The van der Waals surface area contributed by atoms with E-state index in [1.54, 1.807) is 6.20 Å². The highest BCUT2D eigenvalue weighted by Crippen LogP contribution is 2.29. The number of aromatic amines is 1. The van der Waals surface area contributed by atoms with Crippen molar-refractivity contribution < 1.29 is 9.59 Å². The fraction of sp³-hybridized carbons (Fsp3) is 0.154. The summed E-state index contributed by atoms with van der Waals surface area (Å²) in [6.07, 6.45) is 3.29. The lowest BCUT2D eigenvalue weighted by Crippen LogP contribution is -2.24. The molecule has 1 aliphatic rings. The first kappa shape index (κ1) is 19.1. The molecular formula is C26H23N3O2. The van der Waals surface area contributed by atoms with Crippen molar-refractivity contribution in [2.75, 3.05) is 16.8 Å². The molecule has 0 spiro atoms. The molecule has 5 rings (SSSR count). The molecule has 154 valence electrons. The number of fused-ring (bicyclic) bond motifs is 1. The van der Waals surface area contributed by atoms with Crippen molar-refractivity contribution in [2.45, 2.75) is 18.9 Å². The summed E-state index contributed by atoms with van der Waals surface area (Å²) in [5.74, 6) is 0.167. The van der Waals surface area contributed by atoms with Crippen molar-refractivity contribution in [3.8, 4) is 0 Å². The SMILES string of the molecule is O=C(c1c[nH]c2ccccc12)[C@@H](Nc1ccc(N2CCCC2=O)cc1)c1ccccc1. The van der Waals surface area contributed by atoms with E-state index in [1.807, 2.05) is 83.8 Å². The molecule has 2 heterocycles. The molecule has 1 fully saturated rings. The molecule has 3 aromatic carbocycles. The van der Waals surface area contributed by atoms with Crippen molar-refractivity contribution in [3.05, 3.63) is 96.2 Å². The number of H-pyrrole nitrogens is 1. The number of para-hydroxylation sites is 1. The van der Waals surface area contributed by atoms with Gasteiger partial charge in [-0.1, -0.05) is 48.5 Å². The van der Waals surface area contributed by atoms with Gasteiger partial charge >= 0.3 is 0 Å². The van der Waals surface area contributed by atoms with E-state index < -0.39 is 6.04 Å². The summed E-state index contributed by atoms with van der Waals surface area (Å²) in [5, 5.41) is 4.33. The van der Waals surface area contributed by atoms with Gasteiger partial charge in [-0.3, -0.25) is 9.59 Å². The number of nitrogens with zero attached hydrogens (tertiary/aromatic N) is 1. The van der Waals surface area contributed by atoms with Crippen LogP contribution in [0.3, 0.4) is 0 Å². The second-order valence-corrected chi connectivity index (χ2v) is 7.80. The van der Waals surface area contributed by atoms with E-state index in [-0.39, 0.29) is 11.7 Å². The highest BCUT2D eigenvalue weighted by molar-refractivity contribution is 6.11. The maximum absolute atomic E-state index is 13.6. The Morgan fingerprint density at radius 3 is 2.42 bits per heavy atom. The Bertz CT molecular complexity index is 1230. The third kappa shape index (κ3) is 3.70. The molecule has 1 saturated heterocycles. The zero-order chi connectivity index (χ0) is 21.2. The van der Waals surface area contributed by atoms with Crippen LogP contribution in [0.2, 0.25) is 0 Å². The van der Waals surface area contributed by atoms with E-state index in [0.717, 1.165) is 40.8 Å². The van der Waals surface area contributed by atoms with Crippen LogP contribution in [0.4, 0.5) is 11.4 Å². The van der Waals surface area contributed by atoms with Gasteiger partial charge in [0.1, 0.15) is 6.04 Å². The second kappa shape index (κ2) is 8.11. The molecule has 0 bridgehead atoms. The van der Waals surface area contributed by atoms with E-state index in [4.69, 9.17) is 0 Å². The van der Waals surface area contributed by atoms with Crippen LogP contribution in [0.1, 0.15) is 34.8 Å². The van der Waals surface area contributed by atoms with Gasteiger partial charge in [-0.25, -0.2) is 0 Å². The first-order valence-corrected chi connectivity index (χ1v) is 10.5. The third-order valence-electron chi connectivity index (χ3n) is 5.81. The van der Waals surface area contributed by atoms with Gasteiger partial charge in [-0.2, -0.15) is 0 Å². The minimum atomic E-state index is -0.528. The predicted molar refractivity (Wildman–Crippen MR) is 123 cm³/mol. The van der Waals surface area contributed by atoms with Gasteiger partial charge in [0.2, 0.25) is 5.91 Å². The summed E-state index contributed by atoms with van der Waals surface area (Å²) in [6, 6.07) is 24.8. The molecule has 1 atom stereocenters. The molecule has 1 aliphatic heterocycles. The van der Waals surface area contributed by atoms with Crippen molar-refractivity contribution >= 4 is 34.0 Å². The maximum Gasteiger partial charge on any atom is 0.227 e. The molecule has 2 N–H and O–H groups in total. The predicted octanol–water partition coefficient (Wildman–Crippen LogP) is 5.33. The monoisotopic (exact) mass is 409 g/mol. The Morgan fingerprint density at radius 1 is 0.935 bits per heavy atom. The summed E-state index contributed by atoms with van der Waals surface area (Å²) in [5.41, 5.74) is 4.23. The van der Waals surface area contributed by atoms with E-state index in [1.165, 1.54) is 0 Å². The van der Waals surface area contributed by atoms with Crippen molar-refractivity contribution in [1.29, 1.82) is 0 Å². The lowest BCUT2D eigenvalue weighted by atomic mass is 9.96. The molecule has 4 aromatic rings. The fourth-order valence-corrected chi connectivity index (χ4v) is 4.20. The number of Topliss-reactive ketones (excluding diaryl/α,β-unsaturated/α-hetero) is 1. The van der Waals surface area contributed by atoms with Gasteiger partial charge < -0.3 is 15.2 Å². The number of nitrogens with one attached hydrogen (secondary N) is 2. The Balaban J connectivity index is 1.46. The number of ketones is 1. The average molecular weight is 409 g/mol. The molecule has 0 saturated carbocycles. The summed E-state index contributed by atoms with van der Waals surface area (Å²) in [7, 11) is 0. The molecule has 5 nitrogen and oxygen atoms in total. The number of benzene rings is 3. The Labute approximate surface area is 180 Å². The number of carbonyl (C=O) groups excluding carboxylic acids is 2. The van der Waals surface area contributed by atoms with Crippen LogP contribution in [-0.4, -0.2) is 23.2 Å².